The molecule has 43 heavy (non-hydrogen) atoms. The number of allylic oxidation sites excluding steroid dienone is 1. The third-order valence-corrected chi connectivity index (χ3v) is 10.3. The van der Waals surface area contributed by atoms with Gasteiger partial charge in [0.15, 0.2) is 5.78 Å². The van der Waals surface area contributed by atoms with Crippen LogP contribution in [0, 0.1) is 6.92 Å². The average molecular weight is 591 g/mol. The fourth-order valence-electron chi connectivity index (χ4n) is 7.27. The molecular weight excluding hydrogens is 552 g/mol. The highest BCUT2D eigenvalue weighted by Gasteiger charge is 2.44. The van der Waals surface area contributed by atoms with Crippen molar-refractivity contribution in [3.05, 3.63) is 81.8 Å². The second-order valence-electron chi connectivity index (χ2n) is 12.5. The van der Waals surface area contributed by atoms with E-state index in [1.807, 2.05) is 31.3 Å². The number of fused-ring (bicyclic) bond motifs is 2. The zero-order valence-electron chi connectivity index (χ0n) is 25.2. The Morgan fingerprint density at radius 3 is 2.53 bits per heavy atom. The molecule has 0 atom stereocenters. The minimum Gasteiger partial charge on any atom is -0.339 e. The highest BCUT2D eigenvalue weighted by molar-refractivity contribution is 7.08. The first-order valence-corrected chi connectivity index (χ1v) is 16.4. The molecule has 1 N–H and O–H groups in total. The van der Waals surface area contributed by atoms with Crippen LogP contribution in [0.4, 0.5) is 0 Å². The second kappa shape index (κ2) is 10.9. The van der Waals surface area contributed by atoms with E-state index in [-0.39, 0.29) is 11.7 Å². The van der Waals surface area contributed by atoms with Gasteiger partial charge in [0.05, 0.1) is 22.3 Å². The Morgan fingerprint density at radius 2 is 1.84 bits per heavy atom. The van der Waals surface area contributed by atoms with Crippen LogP contribution in [0.3, 0.4) is 0 Å². The lowest BCUT2D eigenvalue weighted by molar-refractivity contribution is -0.112. The number of hydrogen-bond acceptors (Lipinski definition) is 4. The monoisotopic (exact) mass is 590 g/mol. The van der Waals surface area contributed by atoms with Crippen LogP contribution in [0.25, 0.3) is 39.3 Å². The second-order valence-corrected chi connectivity index (χ2v) is 13.2. The van der Waals surface area contributed by atoms with Crippen molar-refractivity contribution >= 4 is 51.0 Å². The van der Waals surface area contributed by atoms with Crippen LogP contribution in [0.1, 0.15) is 91.6 Å². The van der Waals surface area contributed by atoms with Crippen molar-refractivity contribution in [1.29, 1.82) is 0 Å². The lowest BCUT2D eigenvalue weighted by Crippen LogP contribution is -2.52. The van der Waals surface area contributed by atoms with Crippen molar-refractivity contribution in [1.82, 2.24) is 19.4 Å². The topological polar surface area (TPSA) is 68.9 Å². The van der Waals surface area contributed by atoms with Gasteiger partial charge in [-0.05, 0) is 105 Å². The zero-order valence-corrected chi connectivity index (χ0v) is 26.0. The van der Waals surface area contributed by atoms with E-state index < -0.39 is 5.54 Å². The fourth-order valence-corrected chi connectivity index (χ4v) is 7.91. The molecule has 2 saturated carbocycles. The summed E-state index contributed by atoms with van der Waals surface area (Å²) in [5.74, 6) is 0.847. The number of rotatable bonds is 7. The maximum absolute atomic E-state index is 13.9. The largest absolute Gasteiger partial charge is 0.339 e. The summed E-state index contributed by atoms with van der Waals surface area (Å²) in [6.45, 7) is 3.76. The van der Waals surface area contributed by atoms with E-state index in [4.69, 9.17) is 4.98 Å². The van der Waals surface area contributed by atoms with Crippen molar-refractivity contribution in [2.24, 2.45) is 7.05 Å². The molecule has 3 aromatic heterocycles. The number of nitrogens with zero attached hydrogens (tertiary/aromatic N) is 3. The third-order valence-electron chi connectivity index (χ3n) is 9.66. The van der Waals surface area contributed by atoms with Crippen LogP contribution < -0.4 is 5.32 Å². The van der Waals surface area contributed by atoms with E-state index in [9.17, 15) is 9.59 Å². The van der Waals surface area contributed by atoms with E-state index in [1.54, 1.807) is 24.3 Å². The lowest BCUT2D eigenvalue weighted by atomic mass is 9.75. The van der Waals surface area contributed by atoms with Gasteiger partial charge in [-0.1, -0.05) is 31.4 Å². The van der Waals surface area contributed by atoms with E-state index in [0.717, 1.165) is 47.1 Å². The van der Waals surface area contributed by atoms with E-state index in [2.05, 4.69) is 56.4 Å². The van der Waals surface area contributed by atoms with Crippen molar-refractivity contribution in [3.63, 3.8) is 0 Å². The first-order chi connectivity index (χ1) is 20.8. The molecule has 0 saturated heterocycles. The molecule has 2 fully saturated rings. The molecule has 0 aliphatic heterocycles. The first-order valence-electron chi connectivity index (χ1n) is 15.5. The molecule has 220 valence electrons. The van der Waals surface area contributed by atoms with Gasteiger partial charge in [0.25, 0.3) is 5.91 Å². The summed E-state index contributed by atoms with van der Waals surface area (Å²) in [6, 6.07) is 15.0. The molecule has 0 radical (unpaired) electrons. The molecule has 2 aliphatic carbocycles. The molecule has 0 spiro atoms. The standard InChI is InChI=1S/C36H38N4O2S/c1-23(41)10-11-25-12-14-30-32(20-25)39(3)35(37-30)36(17-7-18-36)38-34(42)26-13-15-31-29(21-26)24(2)33(27-16-19-43-22-27)40(31)28-8-5-4-6-9-28/h10-16,19-22,28H,4-9,17-18H2,1-3H3,(H,38,42)/b11-10+. The van der Waals surface area contributed by atoms with Gasteiger partial charge in [-0.2, -0.15) is 11.3 Å². The Labute approximate surface area is 256 Å². The van der Waals surface area contributed by atoms with Gasteiger partial charge in [0.2, 0.25) is 0 Å². The summed E-state index contributed by atoms with van der Waals surface area (Å²) in [4.78, 5) is 30.4. The predicted molar refractivity (Wildman–Crippen MR) is 176 cm³/mol. The summed E-state index contributed by atoms with van der Waals surface area (Å²) < 4.78 is 4.67. The lowest BCUT2D eigenvalue weighted by Gasteiger charge is -2.41. The van der Waals surface area contributed by atoms with Gasteiger partial charge in [0.1, 0.15) is 5.82 Å². The summed E-state index contributed by atoms with van der Waals surface area (Å²) in [6.07, 6.45) is 12.4. The van der Waals surface area contributed by atoms with Crippen LogP contribution in [0.5, 0.6) is 0 Å². The molecule has 7 heteroatoms. The predicted octanol–water partition coefficient (Wildman–Crippen LogP) is 8.48. The number of aryl methyl sites for hydroxylation is 2. The number of aromatic nitrogens is 3. The Balaban J connectivity index is 1.24. The van der Waals surface area contributed by atoms with Crippen molar-refractivity contribution in [3.8, 4) is 11.3 Å². The van der Waals surface area contributed by atoms with Gasteiger partial charge in [-0.25, -0.2) is 4.98 Å². The number of carbonyl (C=O) groups excluding carboxylic acids is 2. The van der Waals surface area contributed by atoms with Gasteiger partial charge in [0, 0.05) is 40.5 Å². The highest BCUT2D eigenvalue weighted by Crippen LogP contribution is 2.43. The summed E-state index contributed by atoms with van der Waals surface area (Å²) >= 11 is 1.73. The third kappa shape index (κ3) is 4.84. The van der Waals surface area contributed by atoms with Gasteiger partial charge >= 0.3 is 0 Å². The SMILES string of the molecule is CC(=O)/C=C/c1ccc2nc(C3(NC(=O)c4ccc5c(c4)c(C)c(-c4ccsc4)n5C4CCCCC4)CCC3)n(C)c2c1. The van der Waals surface area contributed by atoms with E-state index in [0.29, 0.717) is 11.6 Å². The number of benzene rings is 2. The highest BCUT2D eigenvalue weighted by atomic mass is 32.1. The van der Waals surface area contributed by atoms with Crippen molar-refractivity contribution in [2.75, 3.05) is 0 Å². The minimum atomic E-state index is -0.500. The maximum Gasteiger partial charge on any atom is 0.252 e. The molecule has 3 heterocycles. The van der Waals surface area contributed by atoms with Crippen molar-refractivity contribution in [2.45, 2.75) is 76.8 Å². The fraction of sp³-hybridized carbons (Fsp3) is 0.361. The number of ketones is 1. The summed E-state index contributed by atoms with van der Waals surface area (Å²) in [5.41, 5.74) is 8.06. The number of thiophene rings is 1. The van der Waals surface area contributed by atoms with Crippen LogP contribution in [-0.4, -0.2) is 25.8 Å². The molecule has 7 rings (SSSR count). The van der Waals surface area contributed by atoms with Gasteiger partial charge in [-0.15, -0.1) is 0 Å². The van der Waals surface area contributed by atoms with E-state index in [1.165, 1.54) is 54.4 Å². The molecule has 0 unspecified atom stereocenters. The number of imidazole rings is 1. The molecular formula is C36H38N4O2S. The Kier molecular flexibility index (Phi) is 7.08. The normalized spacial score (nSPS) is 17.1. The molecule has 5 aromatic rings. The Hall–Kier alpha value is -3.97. The van der Waals surface area contributed by atoms with Crippen LogP contribution in [0.2, 0.25) is 0 Å². The van der Waals surface area contributed by atoms with Gasteiger partial charge in [-0.3, -0.25) is 9.59 Å². The Bertz CT molecular complexity index is 1880. The number of amides is 1. The summed E-state index contributed by atoms with van der Waals surface area (Å²) in [5, 5.41) is 8.99. The zero-order chi connectivity index (χ0) is 29.7. The maximum atomic E-state index is 13.9. The van der Waals surface area contributed by atoms with Crippen LogP contribution in [-0.2, 0) is 17.4 Å². The first kappa shape index (κ1) is 27.8. The van der Waals surface area contributed by atoms with E-state index >= 15 is 0 Å². The average Bonchev–Trinajstić information content (AvgIpc) is 3.71. The Morgan fingerprint density at radius 1 is 1.02 bits per heavy atom. The molecule has 0 bridgehead atoms. The number of hydrogen-bond donors (Lipinski definition) is 1. The van der Waals surface area contributed by atoms with Gasteiger partial charge < -0.3 is 14.5 Å². The number of carbonyl (C=O) groups is 2. The quantitative estimate of drug-likeness (QED) is 0.193. The molecule has 1 amide bonds. The van der Waals surface area contributed by atoms with Crippen LogP contribution in [0.15, 0.2) is 59.3 Å². The minimum absolute atomic E-state index is 0.0172. The molecule has 6 nitrogen and oxygen atoms in total. The smallest absolute Gasteiger partial charge is 0.252 e. The molecule has 2 aliphatic rings. The number of nitrogens with one attached hydrogen (secondary N) is 1. The molecule has 2 aromatic carbocycles. The summed E-state index contributed by atoms with van der Waals surface area (Å²) in [7, 11) is 2.02. The van der Waals surface area contributed by atoms with Crippen LogP contribution >= 0.6 is 11.3 Å². The van der Waals surface area contributed by atoms with Crippen molar-refractivity contribution < 1.29 is 9.59 Å².